The van der Waals surface area contributed by atoms with Gasteiger partial charge in [-0.1, -0.05) is 0 Å². The summed E-state index contributed by atoms with van der Waals surface area (Å²) in [5.74, 6) is 0. The zero-order valence-corrected chi connectivity index (χ0v) is 10.4. The first-order valence-corrected chi connectivity index (χ1v) is 5.60. The largest absolute Gasteiger partial charge is 0.355 e. The predicted octanol–water partition coefficient (Wildman–Crippen LogP) is 0.679. The second-order valence-electron chi connectivity index (χ2n) is 4.51. The summed E-state index contributed by atoms with van der Waals surface area (Å²) in [4.78, 5) is 2.40. The van der Waals surface area contributed by atoms with Crippen molar-refractivity contribution >= 4 is 0 Å². The molecule has 0 bridgehead atoms. The highest BCUT2D eigenvalue weighted by Crippen LogP contribution is 2.21. The Balaban J connectivity index is 2.31. The highest BCUT2D eigenvalue weighted by molar-refractivity contribution is 4.88. The first-order valence-electron chi connectivity index (χ1n) is 5.60. The van der Waals surface area contributed by atoms with E-state index in [-0.39, 0.29) is 6.29 Å². The lowest BCUT2D eigenvalue weighted by atomic mass is 9.90. The average molecular weight is 216 g/mol. The summed E-state index contributed by atoms with van der Waals surface area (Å²) in [5.41, 5.74) is 0.312. The van der Waals surface area contributed by atoms with Crippen molar-refractivity contribution < 1.29 is 9.47 Å². The van der Waals surface area contributed by atoms with Crippen LogP contribution in [0.2, 0.25) is 0 Å². The highest BCUT2D eigenvalue weighted by Gasteiger charge is 2.28. The molecular formula is C11H24N2O2. The summed E-state index contributed by atoms with van der Waals surface area (Å²) < 4.78 is 10.4. The van der Waals surface area contributed by atoms with Crippen LogP contribution in [0.15, 0.2) is 0 Å². The van der Waals surface area contributed by atoms with Crippen LogP contribution < -0.4 is 5.32 Å². The first-order chi connectivity index (χ1) is 7.13. The van der Waals surface area contributed by atoms with Crippen molar-refractivity contribution in [2.45, 2.75) is 31.6 Å². The van der Waals surface area contributed by atoms with E-state index in [1.54, 1.807) is 14.2 Å². The van der Waals surface area contributed by atoms with Gasteiger partial charge in [0.2, 0.25) is 0 Å². The van der Waals surface area contributed by atoms with Gasteiger partial charge in [-0.05, 0) is 26.8 Å². The molecule has 1 rings (SSSR count). The van der Waals surface area contributed by atoms with Gasteiger partial charge < -0.3 is 14.8 Å². The Kier molecular flexibility index (Phi) is 4.99. The predicted molar refractivity (Wildman–Crippen MR) is 60.9 cm³/mol. The Hall–Kier alpha value is -0.160. The molecular weight excluding hydrogens is 192 g/mol. The number of hydrogen-bond donors (Lipinski definition) is 1. The third-order valence-electron chi connectivity index (χ3n) is 3.50. The van der Waals surface area contributed by atoms with Gasteiger partial charge in [0.1, 0.15) is 0 Å². The van der Waals surface area contributed by atoms with Crippen LogP contribution in [0.1, 0.15) is 19.8 Å². The fourth-order valence-electron chi connectivity index (χ4n) is 1.94. The van der Waals surface area contributed by atoms with Crippen LogP contribution in [0.5, 0.6) is 0 Å². The molecule has 0 atom stereocenters. The van der Waals surface area contributed by atoms with Crippen LogP contribution in [-0.4, -0.2) is 57.6 Å². The lowest BCUT2D eigenvalue weighted by Crippen LogP contribution is -2.51. The minimum absolute atomic E-state index is 0.0936. The maximum Gasteiger partial charge on any atom is 0.169 e. The molecule has 4 nitrogen and oxygen atoms in total. The number of piperidine rings is 1. The van der Waals surface area contributed by atoms with E-state index in [2.05, 4.69) is 17.1 Å². The lowest BCUT2D eigenvalue weighted by molar-refractivity contribution is -0.119. The monoisotopic (exact) mass is 216 g/mol. The van der Waals surface area contributed by atoms with Gasteiger partial charge in [-0.2, -0.15) is 0 Å². The molecule has 0 amide bonds. The van der Waals surface area contributed by atoms with Crippen molar-refractivity contribution in [3.05, 3.63) is 0 Å². The molecule has 1 heterocycles. The highest BCUT2D eigenvalue weighted by atomic mass is 16.7. The van der Waals surface area contributed by atoms with Crippen molar-refractivity contribution in [3.8, 4) is 0 Å². The number of rotatable bonds is 5. The molecule has 0 aromatic carbocycles. The van der Waals surface area contributed by atoms with Gasteiger partial charge in [0.25, 0.3) is 0 Å². The zero-order chi connectivity index (χ0) is 11.3. The molecule has 1 fully saturated rings. The Bertz CT molecular complexity index is 175. The van der Waals surface area contributed by atoms with Crippen molar-refractivity contribution in [1.29, 1.82) is 0 Å². The number of hydrogen-bond acceptors (Lipinski definition) is 4. The average Bonchev–Trinajstić information content (AvgIpc) is 2.28. The smallest absolute Gasteiger partial charge is 0.169 e. The van der Waals surface area contributed by atoms with Gasteiger partial charge in [0.15, 0.2) is 6.29 Å². The molecule has 1 saturated heterocycles. The van der Waals surface area contributed by atoms with Gasteiger partial charge in [-0.25, -0.2) is 0 Å². The molecule has 4 heteroatoms. The van der Waals surface area contributed by atoms with E-state index in [0.717, 1.165) is 19.6 Å². The first kappa shape index (κ1) is 12.9. The Labute approximate surface area is 92.9 Å². The van der Waals surface area contributed by atoms with Crippen LogP contribution in [0, 0.1) is 0 Å². The molecule has 15 heavy (non-hydrogen) atoms. The van der Waals surface area contributed by atoms with Gasteiger partial charge in [0, 0.05) is 39.4 Å². The molecule has 1 N–H and O–H groups in total. The molecule has 0 aromatic rings. The van der Waals surface area contributed by atoms with E-state index in [1.165, 1.54) is 12.8 Å². The lowest BCUT2D eigenvalue weighted by Gasteiger charge is -2.40. The number of nitrogens with one attached hydrogen (secondary N) is 1. The second-order valence-corrected chi connectivity index (χ2v) is 4.51. The molecule has 0 saturated carbocycles. The molecule has 0 spiro atoms. The summed E-state index contributed by atoms with van der Waals surface area (Å²) in [6.45, 7) is 5.38. The van der Waals surface area contributed by atoms with Gasteiger partial charge in [0.05, 0.1) is 0 Å². The topological polar surface area (TPSA) is 33.7 Å². The molecule has 90 valence electrons. The summed E-state index contributed by atoms with van der Waals surface area (Å²) in [5, 5.41) is 3.39. The van der Waals surface area contributed by atoms with E-state index in [9.17, 15) is 0 Å². The van der Waals surface area contributed by atoms with E-state index < -0.39 is 0 Å². The summed E-state index contributed by atoms with van der Waals surface area (Å²) in [7, 11) is 5.43. The number of ether oxygens (including phenoxy) is 2. The van der Waals surface area contributed by atoms with Crippen LogP contribution in [0.25, 0.3) is 0 Å². The molecule has 0 unspecified atom stereocenters. The molecule has 0 aliphatic carbocycles. The molecule has 0 radical (unpaired) electrons. The quantitative estimate of drug-likeness (QED) is 0.685. The minimum Gasteiger partial charge on any atom is -0.355 e. The van der Waals surface area contributed by atoms with E-state index in [0.29, 0.717) is 5.54 Å². The normalized spacial score (nSPS) is 22.2. The molecule has 1 aliphatic rings. The molecule has 1 aliphatic heterocycles. The third kappa shape index (κ3) is 3.72. The fraction of sp³-hybridized carbons (Fsp3) is 1.00. The number of nitrogens with zero attached hydrogens (tertiary/aromatic N) is 1. The summed E-state index contributed by atoms with van der Waals surface area (Å²) in [6, 6.07) is 0. The maximum atomic E-state index is 5.20. The van der Waals surface area contributed by atoms with Crippen LogP contribution in [-0.2, 0) is 9.47 Å². The summed E-state index contributed by atoms with van der Waals surface area (Å²) in [6.07, 6.45) is 2.27. The van der Waals surface area contributed by atoms with Crippen LogP contribution in [0.3, 0.4) is 0 Å². The number of methoxy groups -OCH3 is 2. The van der Waals surface area contributed by atoms with Gasteiger partial charge in [-0.15, -0.1) is 0 Å². The van der Waals surface area contributed by atoms with Gasteiger partial charge in [-0.3, -0.25) is 4.90 Å². The van der Waals surface area contributed by atoms with Crippen molar-refractivity contribution in [2.75, 3.05) is 40.9 Å². The van der Waals surface area contributed by atoms with E-state index in [1.807, 2.05) is 7.05 Å². The minimum atomic E-state index is -0.0936. The fourth-order valence-corrected chi connectivity index (χ4v) is 1.94. The Morgan fingerprint density at radius 3 is 2.20 bits per heavy atom. The summed E-state index contributed by atoms with van der Waals surface area (Å²) >= 11 is 0. The van der Waals surface area contributed by atoms with Crippen molar-refractivity contribution in [2.24, 2.45) is 0 Å². The second kappa shape index (κ2) is 5.80. The zero-order valence-electron chi connectivity index (χ0n) is 10.4. The Morgan fingerprint density at radius 2 is 1.80 bits per heavy atom. The standard InChI is InChI=1S/C11H24N2O2/c1-11(12-2)5-7-13(8-6-11)9-10(14-3)15-4/h10,12H,5-9H2,1-4H3. The van der Waals surface area contributed by atoms with Crippen LogP contribution >= 0.6 is 0 Å². The third-order valence-corrected chi connectivity index (χ3v) is 3.50. The van der Waals surface area contributed by atoms with Crippen molar-refractivity contribution in [1.82, 2.24) is 10.2 Å². The number of likely N-dealkylation sites (tertiary alicyclic amines) is 1. The SMILES string of the molecule is CNC1(C)CCN(CC(OC)OC)CC1. The van der Waals surface area contributed by atoms with Gasteiger partial charge >= 0.3 is 0 Å². The van der Waals surface area contributed by atoms with Crippen LogP contribution in [0.4, 0.5) is 0 Å². The maximum absolute atomic E-state index is 5.20. The van der Waals surface area contributed by atoms with E-state index >= 15 is 0 Å². The molecule has 0 aromatic heterocycles. The van der Waals surface area contributed by atoms with E-state index in [4.69, 9.17) is 9.47 Å². The Morgan fingerprint density at radius 1 is 1.27 bits per heavy atom. The van der Waals surface area contributed by atoms with Crippen molar-refractivity contribution in [3.63, 3.8) is 0 Å².